The van der Waals surface area contributed by atoms with Crippen molar-refractivity contribution >= 4 is 17.6 Å². The normalized spacial score (nSPS) is 14.7. The Labute approximate surface area is 174 Å². The van der Waals surface area contributed by atoms with Crippen molar-refractivity contribution in [2.75, 3.05) is 12.4 Å². The predicted octanol–water partition coefficient (Wildman–Crippen LogP) is 3.80. The molecule has 7 nitrogen and oxygen atoms in total. The second-order valence-electron chi connectivity index (χ2n) is 7.09. The van der Waals surface area contributed by atoms with Crippen LogP contribution in [0, 0.1) is 0 Å². The molecule has 0 atom stereocenters. The van der Waals surface area contributed by atoms with Crippen LogP contribution in [0.4, 0.5) is 5.82 Å². The first-order valence-electron chi connectivity index (χ1n) is 9.91. The van der Waals surface area contributed by atoms with Gasteiger partial charge in [0, 0.05) is 29.8 Å². The van der Waals surface area contributed by atoms with Gasteiger partial charge in [-0.1, -0.05) is 49.2 Å². The van der Waals surface area contributed by atoms with Crippen molar-refractivity contribution in [3.8, 4) is 5.75 Å². The molecule has 1 aliphatic carbocycles. The van der Waals surface area contributed by atoms with E-state index in [0.717, 1.165) is 24.2 Å². The topological polar surface area (TPSA) is 74.0 Å². The van der Waals surface area contributed by atoms with Gasteiger partial charge in [0.25, 0.3) is 0 Å². The number of thioether (sulfide) groups is 1. The average molecular weight is 412 g/mol. The molecular formula is C21H25N5O2S. The number of para-hydroxylation sites is 1. The molecule has 1 saturated carbocycles. The second-order valence-corrected chi connectivity index (χ2v) is 8.03. The largest absolute Gasteiger partial charge is 0.496 e. The SMILES string of the molecule is COc1ccccc1CSc1nnc(NC2CCCCC2)c(=O)n1-n1cccc1. The number of methoxy groups -OCH3 is 1. The van der Waals surface area contributed by atoms with Gasteiger partial charge in [-0.25, -0.2) is 0 Å². The summed E-state index contributed by atoms with van der Waals surface area (Å²) in [5, 5.41) is 12.5. The molecule has 2 heterocycles. The van der Waals surface area contributed by atoms with Gasteiger partial charge in [-0.3, -0.25) is 9.47 Å². The molecule has 1 fully saturated rings. The van der Waals surface area contributed by atoms with Crippen LogP contribution in [0.1, 0.15) is 37.7 Å². The highest BCUT2D eigenvalue weighted by Gasteiger charge is 2.19. The zero-order valence-corrected chi connectivity index (χ0v) is 17.3. The van der Waals surface area contributed by atoms with Crippen molar-refractivity contribution in [1.82, 2.24) is 19.5 Å². The van der Waals surface area contributed by atoms with Gasteiger partial charge >= 0.3 is 5.56 Å². The Bertz CT molecular complexity index is 997. The monoisotopic (exact) mass is 411 g/mol. The first-order valence-corrected chi connectivity index (χ1v) is 10.9. The highest BCUT2D eigenvalue weighted by molar-refractivity contribution is 7.98. The lowest BCUT2D eigenvalue weighted by molar-refractivity contribution is 0.411. The molecule has 2 aromatic heterocycles. The first kappa shape index (κ1) is 19.6. The van der Waals surface area contributed by atoms with Crippen LogP contribution < -0.4 is 15.6 Å². The van der Waals surface area contributed by atoms with E-state index in [4.69, 9.17) is 4.74 Å². The highest BCUT2D eigenvalue weighted by Crippen LogP contribution is 2.26. The van der Waals surface area contributed by atoms with Crippen molar-refractivity contribution in [2.45, 2.75) is 49.1 Å². The van der Waals surface area contributed by atoms with Crippen LogP contribution in [0.2, 0.25) is 0 Å². The fourth-order valence-electron chi connectivity index (χ4n) is 3.61. The lowest BCUT2D eigenvalue weighted by atomic mass is 9.96. The Morgan fingerprint density at radius 1 is 1.10 bits per heavy atom. The zero-order chi connectivity index (χ0) is 20.1. The summed E-state index contributed by atoms with van der Waals surface area (Å²) in [6, 6.07) is 11.9. The van der Waals surface area contributed by atoms with Crippen LogP contribution in [0.3, 0.4) is 0 Å². The third-order valence-electron chi connectivity index (χ3n) is 5.13. The molecule has 8 heteroatoms. The molecule has 3 aromatic rings. The lowest BCUT2D eigenvalue weighted by Gasteiger charge is -2.23. The van der Waals surface area contributed by atoms with Gasteiger partial charge in [0.05, 0.1) is 7.11 Å². The number of hydrogen-bond donors (Lipinski definition) is 1. The molecule has 1 aromatic carbocycles. The minimum absolute atomic E-state index is 0.190. The number of hydrogen-bond acceptors (Lipinski definition) is 6. The van der Waals surface area contributed by atoms with E-state index < -0.39 is 0 Å². The maximum Gasteiger partial charge on any atom is 0.316 e. The summed E-state index contributed by atoms with van der Waals surface area (Å²) in [4.78, 5) is 13.2. The quantitative estimate of drug-likeness (QED) is 0.596. The maximum absolute atomic E-state index is 13.2. The van der Waals surface area contributed by atoms with E-state index in [9.17, 15) is 4.79 Å². The minimum Gasteiger partial charge on any atom is -0.496 e. The molecule has 0 radical (unpaired) electrons. The Balaban J connectivity index is 1.63. The van der Waals surface area contributed by atoms with Crippen LogP contribution >= 0.6 is 11.8 Å². The number of aromatic nitrogens is 4. The molecule has 4 rings (SSSR count). The van der Waals surface area contributed by atoms with E-state index in [0.29, 0.717) is 16.7 Å². The van der Waals surface area contributed by atoms with E-state index in [1.165, 1.54) is 31.0 Å². The Hall–Kier alpha value is -2.74. The molecule has 1 N–H and O–H groups in total. The average Bonchev–Trinajstić information content (AvgIpc) is 3.29. The summed E-state index contributed by atoms with van der Waals surface area (Å²) >= 11 is 1.46. The number of nitrogens with zero attached hydrogens (tertiary/aromatic N) is 4. The van der Waals surface area contributed by atoms with Crippen LogP contribution in [-0.4, -0.2) is 32.7 Å². The van der Waals surface area contributed by atoms with Gasteiger partial charge in [0.2, 0.25) is 11.0 Å². The third kappa shape index (κ3) is 4.48. The summed E-state index contributed by atoms with van der Waals surface area (Å²) in [6.45, 7) is 0. The summed E-state index contributed by atoms with van der Waals surface area (Å²) in [5.41, 5.74) is 0.849. The maximum atomic E-state index is 13.2. The molecule has 0 aliphatic heterocycles. The first-order chi connectivity index (χ1) is 14.3. The molecule has 1 aliphatic rings. The number of benzene rings is 1. The van der Waals surface area contributed by atoms with Crippen molar-refractivity contribution in [2.24, 2.45) is 0 Å². The molecule has 0 bridgehead atoms. The molecule has 0 spiro atoms. The smallest absolute Gasteiger partial charge is 0.316 e. The van der Waals surface area contributed by atoms with E-state index in [1.807, 2.05) is 48.8 Å². The molecular weight excluding hydrogens is 386 g/mol. The number of nitrogens with one attached hydrogen (secondary N) is 1. The van der Waals surface area contributed by atoms with Crippen LogP contribution in [0.5, 0.6) is 5.75 Å². The Kier molecular flexibility index (Phi) is 6.19. The Morgan fingerprint density at radius 2 is 1.86 bits per heavy atom. The van der Waals surface area contributed by atoms with Crippen LogP contribution in [0.25, 0.3) is 0 Å². The lowest BCUT2D eigenvalue weighted by Crippen LogP contribution is -2.34. The van der Waals surface area contributed by atoms with Crippen LogP contribution in [0.15, 0.2) is 58.7 Å². The number of rotatable bonds is 7. The third-order valence-corrected chi connectivity index (χ3v) is 6.09. The van der Waals surface area contributed by atoms with Crippen molar-refractivity contribution < 1.29 is 4.74 Å². The summed E-state index contributed by atoms with van der Waals surface area (Å²) < 4.78 is 8.74. The van der Waals surface area contributed by atoms with Crippen molar-refractivity contribution in [3.63, 3.8) is 0 Å². The molecule has 29 heavy (non-hydrogen) atoms. The van der Waals surface area contributed by atoms with Crippen molar-refractivity contribution in [1.29, 1.82) is 0 Å². The van der Waals surface area contributed by atoms with E-state index in [-0.39, 0.29) is 11.6 Å². The Morgan fingerprint density at radius 3 is 2.62 bits per heavy atom. The summed E-state index contributed by atoms with van der Waals surface area (Å²) in [6.07, 6.45) is 9.43. The summed E-state index contributed by atoms with van der Waals surface area (Å²) in [7, 11) is 1.66. The summed E-state index contributed by atoms with van der Waals surface area (Å²) in [5.74, 6) is 1.75. The molecule has 0 amide bonds. The van der Waals surface area contributed by atoms with Gasteiger partial charge in [0.15, 0.2) is 0 Å². The zero-order valence-electron chi connectivity index (χ0n) is 16.5. The number of ether oxygens (including phenoxy) is 1. The van der Waals surface area contributed by atoms with Gasteiger partial charge < -0.3 is 10.1 Å². The predicted molar refractivity (Wildman–Crippen MR) is 115 cm³/mol. The van der Waals surface area contributed by atoms with Gasteiger partial charge in [0.1, 0.15) is 5.75 Å². The molecule has 152 valence electrons. The van der Waals surface area contributed by atoms with E-state index in [2.05, 4.69) is 15.5 Å². The van der Waals surface area contributed by atoms with Gasteiger partial charge in [-0.05, 0) is 31.0 Å². The van der Waals surface area contributed by atoms with E-state index in [1.54, 1.807) is 16.5 Å². The van der Waals surface area contributed by atoms with Gasteiger partial charge in [-0.2, -0.15) is 4.68 Å². The van der Waals surface area contributed by atoms with E-state index >= 15 is 0 Å². The fourth-order valence-corrected chi connectivity index (χ4v) is 4.53. The van der Waals surface area contributed by atoms with Gasteiger partial charge in [-0.15, -0.1) is 10.2 Å². The second kappa shape index (κ2) is 9.17. The van der Waals surface area contributed by atoms with Crippen LogP contribution in [-0.2, 0) is 5.75 Å². The number of anilines is 1. The minimum atomic E-state index is -0.190. The molecule has 0 unspecified atom stereocenters. The molecule has 0 saturated heterocycles. The standard InChI is InChI=1S/C21H25N5O2S/c1-28-18-12-6-5-9-16(18)15-29-21-24-23-19(22-17-10-3-2-4-11-17)20(27)26(21)25-13-7-8-14-25/h5-9,12-14,17H,2-4,10-11,15H2,1H3,(H,22,23). The highest BCUT2D eigenvalue weighted by atomic mass is 32.2. The fraction of sp³-hybridized carbons (Fsp3) is 0.381. The van der Waals surface area contributed by atoms with Crippen molar-refractivity contribution in [3.05, 3.63) is 64.7 Å².